The SMILES string of the molecule is CC(=O)NCCS(=O)(=O)NC(=O)c1[nH]c2ccccc2c1CCCOc1cc(C)c(Cl)c(C)c1. The highest BCUT2D eigenvalue weighted by atomic mass is 35.5. The molecule has 0 saturated carbocycles. The smallest absolute Gasteiger partial charge is 0.281 e. The van der Waals surface area contributed by atoms with Crippen LogP contribution in [0.1, 0.15) is 40.5 Å². The minimum atomic E-state index is -3.92. The van der Waals surface area contributed by atoms with Crippen LogP contribution in [0.15, 0.2) is 36.4 Å². The maximum absolute atomic E-state index is 12.9. The highest BCUT2D eigenvalue weighted by Gasteiger charge is 2.22. The van der Waals surface area contributed by atoms with Gasteiger partial charge in [-0.2, -0.15) is 0 Å². The summed E-state index contributed by atoms with van der Waals surface area (Å²) in [6.45, 7) is 5.46. The molecular weight excluding hydrogens is 478 g/mol. The lowest BCUT2D eigenvalue weighted by Gasteiger charge is -2.11. The lowest BCUT2D eigenvalue weighted by Crippen LogP contribution is -2.37. The van der Waals surface area contributed by atoms with Crippen LogP contribution in [-0.4, -0.2) is 44.1 Å². The number of carbonyl (C=O) groups is 2. The highest BCUT2D eigenvalue weighted by Crippen LogP contribution is 2.27. The zero-order valence-electron chi connectivity index (χ0n) is 19.3. The van der Waals surface area contributed by atoms with Crippen molar-refractivity contribution in [1.82, 2.24) is 15.0 Å². The van der Waals surface area contributed by atoms with Crippen molar-refractivity contribution in [1.29, 1.82) is 0 Å². The number of aryl methyl sites for hydroxylation is 3. The molecule has 0 unspecified atom stereocenters. The first-order valence-electron chi connectivity index (χ1n) is 10.9. The van der Waals surface area contributed by atoms with E-state index in [-0.39, 0.29) is 18.1 Å². The normalized spacial score (nSPS) is 11.4. The van der Waals surface area contributed by atoms with Crippen LogP contribution in [-0.2, 0) is 21.2 Å². The summed E-state index contributed by atoms with van der Waals surface area (Å²) < 4.78 is 32.6. The summed E-state index contributed by atoms with van der Waals surface area (Å²) in [5.74, 6) is -0.757. The van der Waals surface area contributed by atoms with Gasteiger partial charge in [0.05, 0.1) is 12.4 Å². The van der Waals surface area contributed by atoms with Crippen molar-refractivity contribution in [3.63, 3.8) is 0 Å². The maximum atomic E-state index is 12.9. The number of H-pyrrole nitrogens is 1. The van der Waals surface area contributed by atoms with Crippen LogP contribution < -0.4 is 14.8 Å². The van der Waals surface area contributed by atoms with Crippen molar-refractivity contribution in [2.24, 2.45) is 0 Å². The Bertz CT molecular complexity index is 1290. The molecule has 0 aliphatic carbocycles. The number of para-hydroxylation sites is 1. The van der Waals surface area contributed by atoms with Crippen LogP contribution in [0.4, 0.5) is 0 Å². The number of amides is 2. The van der Waals surface area contributed by atoms with Crippen molar-refractivity contribution in [3.8, 4) is 5.75 Å². The van der Waals surface area contributed by atoms with Gasteiger partial charge in [-0.05, 0) is 61.6 Å². The fourth-order valence-corrected chi connectivity index (χ4v) is 4.65. The molecule has 0 spiro atoms. The van der Waals surface area contributed by atoms with E-state index in [4.69, 9.17) is 16.3 Å². The van der Waals surface area contributed by atoms with E-state index in [0.29, 0.717) is 24.5 Å². The minimum Gasteiger partial charge on any atom is -0.494 e. The van der Waals surface area contributed by atoms with Gasteiger partial charge in [-0.15, -0.1) is 0 Å². The third-order valence-corrected chi connectivity index (χ3v) is 7.12. The average Bonchev–Trinajstić information content (AvgIpc) is 3.13. The van der Waals surface area contributed by atoms with Crippen LogP contribution in [0.3, 0.4) is 0 Å². The summed E-state index contributed by atoms with van der Waals surface area (Å²) in [6, 6.07) is 11.2. The molecule has 10 heteroatoms. The Kier molecular flexibility index (Phi) is 8.22. The van der Waals surface area contributed by atoms with Crippen LogP contribution >= 0.6 is 11.6 Å². The molecule has 0 bridgehead atoms. The van der Waals surface area contributed by atoms with Gasteiger partial charge in [0.25, 0.3) is 5.91 Å². The second kappa shape index (κ2) is 10.9. The topological polar surface area (TPSA) is 117 Å². The molecule has 3 rings (SSSR count). The molecule has 2 aromatic carbocycles. The predicted molar refractivity (Wildman–Crippen MR) is 133 cm³/mol. The Morgan fingerprint density at radius 3 is 2.47 bits per heavy atom. The first kappa shape index (κ1) is 25.6. The highest BCUT2D eigenvalue weighted by molar-refractivity contribution is 7.90. The Labute approximate surface area is 204 Å². The molecule has 0 atom stereocenters. The second-order valence-corrected chi connectivity index (χ2v) is 10.3. The van der Waals surface area contributed by atoms with Gasteiger partial charge in [0.2, 0.25) is 15.9 Å². The summed E-state index contributed by atoms with van der Waals surface area (Å²) in [7, 11) is -3.92. The zero-order chi connectivity index (χ0) is 24.9. The third-order valence-electron chi connectivity index (χ3n) is 5.28. The van der Waals surface area contributed by atoms with Crippen LogP contribution in [0.2, 0.25) is 5.02 Å². The number of benzene rings is 2. The first-order valence-corrected chi connectivity index (χ1v) is 12.9. The van der Waals surface area contributed by atoms with Gasteiger partial charge in [0.15, 0.2) is 0 Å². The van der Waals surface area contributed by atoms with Crippen molar-refractivity contribution in [2.45, 2.75) is 33.6 Å². The number of rotatable bonds is 10. The minimum absolute atomic E-state index is 0.0848. The molecule has 34 heavy (non-hydrogen) atoms. The van der Waals surface area contributed by atoms with Gasteiger partial charge in [0.1, 0.15) is 11.4 Å². The number of aromatic amines is 1. The molecular formula is C24H28ClN3O5S. The molecule has 3 aromatic rings. The number of hydrogen-bond donors (Lipinski definition) is 3. The molecule has 0 saturated heterocycles. The standard InChI is InChI=1S/C24H28ClN3O5S/c1-15-13-18(14-16(2)22(15)25)33-11-6-8-20-19-7-4-5-9-21(19)27-23(20)24(30)28-34(31,32)12-10-26-17(3)29/h4-5,7,9,13-14,27H,6,8,10-12H2,1-3H3,(H,26,29)(H,28,30). The number of nitrogens with one attached hydrogen (secondary N) is 3. The third kappa shape index (κ3) is 6.51. The van der Waals surface area contributed by atoms with Gasteiger partial charge in [-0.25, -0.2) is 13.1 Å². The lowest BCUT2D eigenvalue weighted by atomic mass is 10.1. The quantitative estimate of drug-likeness (QED) is 0.363. The molecule has 182 valence electrons. The van der Waals surface area contributed by atoms with E-state index in [1.165, 1.54) is 6.92 Å². The monoisotopic (exact) mass is 505 g/mol. The van der Waals surface area contributed by atoms with E-state index in [2.05, 4.69) is 15.0 Å². The van der Waals surface area contributed by atoms with Crippen molar-refractivity contribution in [3.05, 3.63) is 63.8 Å². The summed E-state index contributed by atoms with van der Waals surface area (Å²) in [5.41, 5.74) is 3.53. The van der Waals surface area contributed by atoms with Crippen molar-refractivity contribution in [2.75, 3.05) is 18.9 Å². The second-order valence-electron chi connectivity index (χ2n) is 8.08. The van der Waals surface area contributed by atoms with E-state index < -0.39 is 21.7 Å². The van der Waals surface area contributed by atoms with Gasteiger partial charge in [-0.3, -0.25) is 9.59 Å². The Balaban J connectivity index is 1.71. The molecule has 0 aliphatic heterocycles. The molecule has 1 aromatic heterocycles. The number of hydrogen-bond acceptors (Lipinski definition) is 5. The Morgan fingerprint density at radius 2 is 1.79 bits per heavy atom. The zero-order valence-corrected chi connectivity index (χ0v) is 20.9. The Morgan fingerprint density at radius 1 is 1.12 bits per heavy atom. The summed E-state index contributed by atoms with van der Waals surface area (Å²) in [4.78, 5) is 26.9. The molecule has 3 N–H and O–H groups in total. The van der Waals surface area contributed by atoms with Gasteiger partial charge in [0, 0.05) is 29.4 Å². The van der Waals surface area contributed by atoms with Crippen LogP contribution in [0, 0.1) is 13.8 Å². The summed E-state index contributed by atoms with van der Waals surface area (Å²) in [6.07, 6.45) is 1.11. The number of fused-ring (bicyclic) bond motifs is 1. The fourth-order valence-electron chi connectivity index (χ4n) is 3.69. The van der Waals surface area contributed by atoms with Gasteiger partial charge >= 0.3 is 0 Å². The molecule has 0 aliphatic rings. The average molecular weight is 506 g/mol. The molecule has 1 heterocycles. The van der Waals surface area contributed by atoms with Crippen molar-refractivity contribution < 1.29 is 22.7 Å². The Hall–Kier alpha value is -3.04. The summed E-state index contributed by atoms with van der Waals surface area (Å²) in [5, 5.41) is 3.97. The number of ether oxygens (including phenoxy) is 1. The van der Waals surface area contributed by atoms with E-state index in [1.807, 2.05) is 50.2 Å². The van der Waals surface area contributed by atoms with E-state index in [9.17, 15) is 18.0 Å². The molecule has 0 fully saturated rings. The summed E-state index contributed by atoms with van der Waals surface area (Å²) >= 11 is 6.21. The van der Waals surface area contributed by atoms with E-state index >= 15 is 0 Å². The number of sulfonamides is 1. The molecule has 8 nitrogen and oxygen atoms in total. The largest absolute Gasteiger partial charge is 0.494 e. The maximum Gasteiger partial charge on any atom is 0.281 e. The van der Waals surface area contributed by atoms with Gasteiger partial charge < -0.3 is 15.0 Å². The molecule has 2 amide bonds. The number of carbonyl (C=O) groups excluding carboxylic acids is 2. The fraction of sp³-hybridized carbons (Fsp3) is 0.333. The van der Waals surface area contributed by atoms with Crippen LogP contribution in [0.5, 0.6) is 5.75 Å². The van der Waals surface area contributed by atoms with Gasteiger partial charge in [-0.1, -0.05) is 29.8 Å². The number of halogens is 1. The van der Waals surface area contributed by atoms with Crippen molar-refractivity contribution >= 4 is 44.3 Å². The molecule has 0 radical (unpaired) electrons. The predicted octanol–water partition coefficient (Wildman–Crippen LogP) is 3.65. The lowest BCUT2D eigenvalue weighted by molar-refractivity contribution is -0.118. The number of aromatic nitrogens is 1. The first-order chi connectivity index (χ1) is 16.1. The van der Waals surface area contributed by atoms with E-state index in [0.717, 1.165) is 33.3 Å². The van der Waals surface area contributed by atoms with Crippen LogP contribution in [0.25, 0.3) is 10.9 Å². The van der Waals surface area contributed by atoms with E-state index in [1.54, 1.807) is 0 Å².